The SMILES string of the molecule is COc1ccc(NC(=O)N(CCc2cccs2)C[C@]2(O)CC[C@H]3c4ccc(cc4C(=O)c4cc5ccccc5s4)C[C@@H](O)CCC(C)=CCC[C@@]32C)cc1. The van der Waals surface area contributed by atoms with Crippen LogP contribution >= 0.6 is 22.7 Å². The van der Waals surface area contributed by atoms with Crippen LogP contribution in [0.25, 0.3) is 10.1 Å². The molecule has 7 nitrogen and oxygen atoms in total. The number of nitrogens with one attached hydrogen (secondary N) is 1. The molecule has 3 aliphatic rings. The van der Waals surface area contributed by atoms with Crippen molar-refractivity contribution in [3.05, 3.63) is 128 Å². The van der Waals surface area contributed by atoms with Crippen molar-refractivity contribution in [2.75, 3.05) is 25.5 Å². The highest BCUT2D eigenvalue weighted by Crippen LogP contribution is 2.59. The molecule has 2 heterocycles. The Morgan fingerprint density at radius 3 is 2.57 bits per heavy atom. The average Bonchev–Trinajstić information content (AvgIpc) is 3.91. The largest absolute Gasteiger partial charge is 0.497 e. The molecule has 4 atom stereocenters. The number of rotatable bonds is 9. The van der Waals surface area contributed by atoms with E-state index in [9.17, 15) is 19.8 Å². The first-order valence-electron chi connectivity index (χ1n) is 19.0. The number of thiophene rings is 2. The lowest BCUT2D eigenvalue weighted by atomic mass is 9.64. The van der Waals surface area contributed by atoms with Gasteiger partial charge in [-0.25, -0.2) is 4.79 Å². The molecule has 0 saturated heterocycles. The van der Waals surface area contributed by atoms with Crippen molar-refractivity contribution < 1.29 is 24.5 Å². The van der Waals surface area contributed by atoms with Gasteiger partial charge in [0.2, 0.25) is 5.78 Å². The Kier molecular flexibility index (Phi) is 11.4. The predicted octanol–water partition coefficient (Wildman–Crippen LogP) is 10.0. The molecule has 0 unspecified atom stereocenters. The van der Waals surface area contributed by atoms with E-state index in [1.54, 1.807) is 23.3 Å². The van der Waals surface area contributed by atoms with E-state index in [0.717, 1.165) is 34.1 Å². The summed E-state index contributed by atoms with van der Waals surface area (Å²) in [5, 5.41) is 30.3. The van der Waals surface area contributed by atoms with Crippen LogP contribution in [0.1, 0.15) is 89.5 Å². The fourth-order valence-electron chi connectivity index (χ4n) is 8.57. The minimum Gasteiger partial charge on any atom is -0.497 e. The lowest BCUT2D eigenvalue weighted by Crippen LogP contribution is -2.54. The van der Waals surface area contributed by atoms with Gasteiger partial charge in [0, 0.05) is 32.8 Å². The zero-order valence-corrected chi connectivity index (χ0v) is 33.0. The highest BCUT2D eigenvalue weighted by Gasteiger charge is 2.57. The van der Waals surface area contributed by atoms with Crippen molar-refractivity contribution >= 4 is 50.3 Å². The second-order valence-corrected chi connectivity index (χ2v) is 17.5. The summed E-state index contributed by atoms with van der Waals surface area (Å²) in [6, 6.07) is 27.3. The number of hydrogen-bond donors (Lipinski definition) is 3. The van der Waals surface area contributed by atoms with Crippen LogP contribution in [-0.2, 0) is 12.8 Å². The number of allylic oxidation sites excluding steroid dienone is 2. The predicted molar refractivity (Wildman–Crippen MR) is 220 cm³/mol. The summed E-state index contributed by atoms with van der Waals surface area (Å²) >= 11 is 3.17. The van der Waals surface area contributed by atoms with E-state index in [1.807, 2.05) is 72.1 Å². The number of carbonyl (C=O) groups excluding carboxylic acids is 2. The summed E-state index contributed by atoms with van der Waals surface area (Å²) in [4.78, 5) is 32.4. The van der Waals surface area contributed by atoms with Gasteiger partial charge in [0.25, 0.3) is 0 Å². The number of methoxy groups -OCH3 is 1. The Balaban J connectivity index is 1.27. The van der Waals surface area contributed by atoms with Gasteiger partial charge in [0.15, 0.2) is 0 Å². The van der Waals surface area contributed by atoms with E-state index in [2.05, 4.69) is 43.4 Å². The van der Waals surface area contributed by atoms with Crippen molar-refractivity contribution in [1.82, 2.24) is 4.90 Å². The minimum absolute atomic E-state index is 0.0281. The van der Waals surface area contributed by atoms with E-state index >= 15 is 0 Å². The van der Waals surface area contributed by atoms with Crippen molar-refractivity contribution in [2.24, 2.45) is 5.41 Å². The molecule has 2 amide bonds. The normalized spacial score (nSPS) is 23.0. The highest BCUT2D eigenvalue weighted by atomic mass is 32.1. The number of urea groups is 1. The number of hydrogen-bond acceptors (Lipinski definition) is 7. The number of anilines is 1. The molecule has 8 rings (SSSR count). The van der Waals surface area contributed by atoms with Gasteiger partial charge in [-0.1, -0.05) is 55.0 Å². The number of fused-ring (bicyclic) bond motifs is 9. The van der Waals surface area contributed by atoms with Gasteiger partial charge in [0.05, 0.1) is 30.2 Å². The number of nitrogens with zero attached hydrogens (tertiary/aromatic N) is 1. The lowest BCUT2D eigenvalue weighted by molar-refractivity contribution is -0.0762. The van der Waals surface area contributed by atoms with Gasteiger partial charge < -0.3 is 25.2 Å². The van der Waals surface area contributed by atoms with Gasteiger partial charge in [0.1, 0.15) is 5.75 Å². The van der Waals surface area contributed by atoms with E-state index < -0.39 is 17.1 Å². The van der Waals surface area contributed by atoms with Gasteiger partial charge in [-0.15, -0.1) is 22.7 Å². The number of ether oxygens (including phenoxy) is 1. The molecule has 2 aromatic heterocycles. The number of aliphatic hydroxyl groups is 2. The van der Waals surface area contributed by atoms with Crippen LogP contribution in [0.3, 0.4) is 0 Å². The Bertz CT molecular complexity index is 2090. The second kappa shape index (κ2) is 16.2. The summed E-state index contributed by atoms with van der Waals surface area (Å²) in [5.41, 5.74) is 2.46. The molecule has 2 bridgehead atoms. The number of aliphatic hydroxyl groups excluding tert-OH is 1. The van der Waals surface area contributed by atoms with Gasteiger partial charge in [-0.2, -0.15) is 0 Å². The van der Waals surface area contributed by atoms with Crippen molar-refractivity contribution in [3.63, 3.8) is 0 Å². The molecule has 0 aliphatic heterocycles. The van der Waals surface area contributed by atoms with E-state index in [4.69, 9.17) is 4.74 Å². The summed E-state index contributed by atoms with van der Waals surface area (Å²) in [6.45, 7) is 4.88. The molecule has 3 aromatic carbocycles. The van der Waals surface area contributed by atoms with Gasteiger partial charge in [-0.05, 0) is 135 Å². The third-order valence-electron chi connectivity index (χ3n) is 11.9. The van der Waals surface area contributed by atoms with Gasteiger partial charge in [-0.3, -0.25) is 4.79 Å². The first-order valence-corrected chi connectivity index (χ1v) is 20.7. The maximum Gasteiger partial charge on any atom is 0.321 e. The Hall–Kier alpha value is -4.28. The highest BCUT2D eigenvalue weighted by molar-refractivity contribution is 7.21. The number of ketones is 1. The fraction of sp³-hybridized carbons (Fsp3) is 0.378. The Labute approximate surface area is 326 Å². The first kappa shape index (κ1) is 38.0. The van der Waals surface area contributed by atoms with Crippen LogP contribution in [0.2, 0.25) is 0 Å². The Morgan fingerprint density at radius 2 is 1.81 bits per heavy atom. The topological polar surface area (TPSA) is 99.1 Å². The van der Waals surface area contributed by atoms with Crippen LogP contribution in [0.4, 0.5) is 10.5 Å². The van der Waals surface area contributed by atoms with Crippen LogP contribution in [-0.4, -0.2) is 58.8 Å². The van der Waals surface area contributed by atoms with E-state index in [-0.39, 0.29) is 24.3 Å². The van der Waals surface area contributed by atoms with Crippen LogP contribution < -0.4 is 10.1 Å². The zero-order valence-electron chi connectivity index (χ0n) is 31.3. The summed E-state index contributed by atoms with van der Waals surface area (Å²) in [7, 11) is 1.61. The monoisotopic (exact) mass is 762 g/mol. The molecule has 54 heavy (non-hydrogen) atoms. The number of amides is 2. The Morgan fingerprint density at radius 1 is 1.00 bits per heavy atom. The molecule has 0 radical (unpaired) electrons. The number of carbonyl (C=O) groups is 2. The molecular formula is C45H50N2O5S2. The minimum atomic E-state index is -1.24. The molecule has 1 saturated carbocycles. The number of benzene rings is 3. The zero-order chi connectivity index (χ0) is 37.9. The van der Waals surface area contributed by atoms with E-state index in [1.165, 1.54) is 21.8 Å². The molecule has 3 N–H and O–H groups in total. The molecule has 9 heteroatoms. The summed E-state index contributed by atoms with van der Waals surface area (Å²) in [5.74, 6) is 0.532. The molecular weight excluding hydrogens is 713 g/mol. The molecule has 0 spiro atoms. The summed E-state index contributed by atoms with van der Waals surface area (Å²) < 4.78 is 6.38. The molecule has 1 fully saturated rings. The van der Waals surface area contributed by atoms with Crippen molar-refractivity contribution in [3.8, 4) is 5.75 Å². The van der Waals surface area contributed by atoms with Gasteiger partial charge >= 0.3 is 6.03 Å². The maximum atomic E-state index is 14.6. The van der Waals surface area contributed by atoms with Crippen molar-refractivity contribution in [2.45, 2.75) is 82.8 Å². The fourth-order valence-corrected chi connectivity index (χ4v) is 10.3. The molecule has 5 aromatic rings. The van der Waals surface area contributed by atoms with Crippen LogP contribution in [0, 0.1) is 5.41 Å². The lowest BCUT2D eigenvalue weighted by Gasteiger charge is -2.46. The third-order valence-corrected chi connectivity index (χ3v) is 13.9. The quantitative estimate of drug-likeness (QED) is 0.103. The van der Waals surface area contributed by atoms with Crippen molar-refractivity contribution in [1.29, 1.82) is 0 Å². The van der Waals surface area contributed by atoms with Crippen LogP contribution in [0.15, 0.2) is 102 Å². The van der Waals surface area contributed by atoms with E-state index in [0.29, 0.717) is 66.9 Å². The third kappa shape index (κ3) is 8.05. The standard InChI is InChI=1S/C45H50N2O5S2/c1-30-8-6-22-44(2)39(37-19-13-31(26-34(48)16-12-30)27-38(37)42(49)41-28-32-9-4-5-11-40(32)54-41)20-23-45(44,51)29-47(24-21-36-10-7-25-53-36)43(50)46-33-14-17-35(52-3)18-15-33/h4-5,7-11,13-15,17-19,25,27-28,34,39,48,51H,6,12,16,20-24,26,29H2,1-3H3,(H,46,50)/t34-,39-,44-,45+/m0/s1. The molecule has 3 aliphatic carbocycles. The molecule has 282 valence electrons. The first-order chi connectivity index (χ1) is 26.0. The summed E-state index contributed by atoms with van der Waals surface area (Å²) in [6.07, 6.45) is 6.85. The second-order valence-electron chi connectivity index (χ2n) is 15.3. The maximum absolute atomic E-state index is 14.6. The van der Waals surface area contributed by atoms with Crippen LogP contribution in [0.5, 0.6) is 5.75 Å². The smallest absolute Gasteiger partial charge is 0.321 e. The average molecular weight is 763 g/mol.